The number of carbonyl (C=O) groups excluding carboxylic acids is 2. The molecule has 0 unspecified atom stereocenters. The molecule has 0 aromatic heterocycles. The first-order chi connectivity index (χ1) is 10.6. The minimum Gasteiger partial charge on any atom is -0.464 e. The number of benzene rings is 1. The molecule has 0 radical (unpaired) electrons. The van der Waals surface area contributed by atoms with Crippen molar-refractivity contribution in [2.24, 2.45) is 0 Å². The molecular formula is C17H24ClNO3. The molecule has 1 aromatic carbocycles. The number of hydrogen-bond acceptors (Lipinski definition) is 3. The first-order valence-corrected chi connectivity index (χ1v) is 8.16. The van der Waals surface area contributed by atoms with Crippen LogP contribution in [-0.2, 0) is 9.53 Å². The second kappa shape index (κ2) is 10.2. The highest BCUT2D eigenvalue weighted by Gasteiger charge is 2.19. The number of esters is 1. The van der Waals surface area contributed by atoms with Crippen LogP contribution in [0.4, 0.5) is 0 Å². The summed E-state index contributed by atoms with van der Waals surface area (Å²) in [6, 6.07) is 6.02. The molecule has 1 atom stereocenters. The van der Waals surface area contributed by atoms with Crippen molar-refractivity contribution in [2.45, 2.75) is 52.0 Å². The molecule has 4 nitrogen and oxygen atoms in total. The van der Waals surface area contributed by atoms with E-state index in [9.17, 15) is 9.59 Å². The average molecular weight is 326 g/mol. The summed E-state index contributed by atoms with van der Waals surface area (Å²) < 4.78 is 5.16. The number of carbonyl (C=O) groups is 2. The van der Waals surface area contributed by atoms with E-state index in [1.807, 2.05) is 0 Å². The zero-order valence-electron chi connectivity index (χ0n) is 13.2. The van der Waals surface area contributed by atoms with E-state index in [0.29, 0.717) is 17.2 Å². The van der Waals surface area contributed by atoms with Gasteiger partial charge in [0.1, 0.15) is 6.04 Å². The Morgan fingerprint density at radius 2 is 1.86 bits per heavy atom. The minimum absolute atomic E-state index is 0.350. The molecular weight excluding hydrogens is 302 g/mol. The normalized spacial score (nSPS) is 11.8. The molecule has 0 aliphatic rings. The molecule has 0 aliphatic heterocycles. The Bertz CT molecular complexity index is 491. The number of unbranched alkanes of at least 4 members (excludes halogenated alkanes) is 4. The van der Waals surface area contributed by atoms with E-state index >= 15 is 0 Å². The largest absolute Gasteiger partial charge is 0.464 e. The highest BCUT2D eigenvalue weighted by atomic mass is 35.5. The van der Waals surface area contributed by atoms with Gasteiger partial charge in [-0.3, -0.25) is 4.79 Å². The van der Waals surface area contributed by atoms with Crippen LogP contribution in [0.25, 0.3) is 0 Å². The number of ether oxygens (including phenoxy) is 1. The maximum absolute atomic E-state index is 12.0. The molecule has 0 heterocycles. The smallest absolute Gasteiger partial charge is 0.328 e. The highest BCUT2D eigenvalue weighted by Crippen LogP contribution is 2.14. The Kier molecular flexibility index (Phi) is 8.60. The van der Waals surface area contributed by atoms with Crippen molar-refractivity contribution >= 4 is 23.5 Å². The van der Waals surface area contributed by atoms with Gasteiger partial charge in [0.2, 0.25) is 0 Å². The second-order valence-corrected chi connectivity index (χ2v) is 5.66. The average Bonchev–Trinajstić information content (AvgIpc) is 2.50. The third-order valence-electron chi connectivity index (χ3n) is 3.31. The Balaban J connectivity index is 2.32. The third-order valence-corrected chi connectivity index (χ3v) is 3.64. The lowest BCUT2D eigenvalue weighted by atomic mass is 10.2. The summed E-state index contributed by atoms with van der Waals surface area (Å²) >= 11 is 5.95. The van der Waals surface area contributed by atoms with Gasteiger partial charge in [-0.15, -0.1) is 0 Å². The molecule has 22 heavy (non-hydrogen) atoms. The summed E-state index contributed by atoms with van der Waals surface area (Å²) in [6.45, 7) is 4.16. The summed E-state index contributed by atoms with van der Waals surface area (Å²) in [6.07, 6.45) is 5.47. The molecule has 1 N–H and O–H groups in total. The molecule has 0 fully saturated rings. The fraction of sp³-hybridized carbons (Fsp3) is 0.529. The fourth-order valence-electron chi connectivity index (χ4n) is 1.98. The molecule has 1 aromatic rings. The van der Waals surface area contributed by atoms with Gasteiger partial charge in [-0.2, -0.15) is 0 Å². The van der Waals surface area contributed by atoms with Gasteiger partial charge in [-0.1, -0.05) is 56.3 Å². The van der Waals surface area contributed by atoms with Gasteiger partial charge in [0, 0.05) is 0 Å². The minimum atomic E-state index is -0.695. The topological polar surface area (TPSA) is 55.4 Å². The number of amides is 1. The van der Waals surface area contributed by atoms with Gasteiger partial charge in [-0.05, 0) is 25.5 Å². The summed E-state index contributed by atoms with van der Waals surface area (Å²) in [4.78, 5) is 23.8. The molecule has 0 bridgehead atoms. The second-order valence-electron chi connectivity index (χ2n) is 5.26. The van der Waals surface area contributed by atoms with Crippen LogP contribution in [0.15, 0.2) is 24.3 Å². The molecule has 5 heteroatoms. The van der Waals surface area contributed by atoms with Crippen LogP contribution in [0.3, 0.4) is 0 Å². The highest BCUT2D eigenvalue weighted by molar-refractivity contribution is 6.33. The van der Waals surface area contributed by atoms with E-state index in [1.54, 1.807) is 31.2 Å². The summed E-state index contributed by atoms with van der Waals surface area (Å²) in [5.74, 6) is -0.797. The fourth-order valence-corrected chi connectivity index (χ4v) is 2.20. The van der Waals surface area contributed by atoms with Gasteiger partial charge >= 0.3 is 5.97 Å². The Morgan fingerprint density at radius 1 is 1.18 bits per heavy atom. The zero-order valence-corrected chi connectivity index (χ0v) is 14.0. The number of rotatable bonds is 9. The summed E-state index contributed by atoms with van der Waals surface area (Å²) in [7, 11) is 0. The first-order valence-electron chi connectivity index (χ1n) is 7.78. The molecule has 122 valence electrons. The number of hydrogen-bond donors (Lipinski definition) is 1. The monoisotopic (exact) mass is 325 g/mol. The van der Waals surface area contributed by atoms with E-state index in [4.69, 9.17) is 16.3 Å². The maximum Gasteiger partial charge on any atom is 0.328 e. The predicted molar refractivity (Wildman–Crippen MR) is 88.1 cm³/mol. The van der Waals surface area contributed by atoms with Gasteiger partial charge < -0.3 is 10.1 Å². The number of halogens is 1. The molecule has 0 saturated heterocycles. The molecule has 0 aliphatic carbocycles. The van der Waals surface area contributed by atoms with Crippen molar-refractivity contribution in [2.75, 3.05) is 6.61 Å². The standard InChI is InChI=1S/C17H24ClNO3/c1-3-4-5-6-9-12-22-17(21)13(2)19-16(20)14-10-7-8-11-15(14)18/h7-8,10-11,13H,3-6,9,12H2,1-2H3,(H,19,20)/t13-/m0/s1. The van der Waals surface area contributed by atoms with Crippen molar-refractivity contribution in [3.63, 3.8) is 0 Å². The Hall–Kier alpha value is -1.55. The van der Waals surface area contributed by atoms with Gasteiger partial charge in [0.25, 0.3) is 5.91 Å². The van der Waals surface area contributed by atoms with Crippen molar-refractivity contribution in [1.82, 2.24) is 5.32 Å². The van der Waals surface area contributed by atoms with Crippen molar-refractivity contribution in [3.8, 4) is 0 Å². The van der Waals surface area contributed by atoms with E-state index in [2.05, 4.69) is 12.2 Å². The first kappa shape index (κ1) is 18.5. The summed E-state index contributed by atoms with van der Waals surface area (Å²) in [5, 5.41) is 2.96. The van der Waals surface area contributed by atoms with Gasteiger partial charge in [0.15, 0.2) is 0 Å². The third kappa shape index (κ3) is 6.48. The van der Waals surface area contributed by atoms with E-state index < -0.39 is 12.0 Å². The SMILES string of the molecule is CCCCCCCOC(=O)[C@H](C)NC(=O)c1ccccc1Cl. The molecule has 1 amide bonds. The lowest BCUT2D eigenvalue weighted by Crippen LogP contribution is -2.39. The van der Waals surface area contributed by atoms with Crippen LogP contribution in [-0.4, -0.2) is 24.5 Å². The van der Waals surface area contributed by atoms with Crippen molar-refractivity contribution < 1.29 is 14.3 Å². The van der Waals surface area contributed by atoms with E-state index in [-0.39, 0.29) is 5.91 Å². The predicted octanol–water partition coefficient (Wildman–Crippen LogP) is 3.97. The van der Waals surface area contributed by atoms with Gasteiger partial charge in [-0.25, -0.2) is 4.79 Å². The molecule has 1 rings (SSSR count). The maximum atomic E-state index is 12.0. The van der Waals surface area contributed by atoms with Crippen LogP contribution < -0.4 is 5.32 Å². The van der Waals surface area contributed by atoms with Crippen LogP contribution in [0.2, 0.25) is 5.02 Å². The Morgan fingerprint density at radius 3 is 2.55 bits per heavy atom. The quantitative estimate of drug-likeness (QED) is 0.552. The van der Waals surface area contributed by atoms with E-state index in [0.717, 1.165) is 19.3 Å². The zero-order chi connectivity index (χ0) is 16.4. The van der Waals surface area contributed by atoms with Crippen LogP contribution in [0, 0.1) is 0 Å². The van der Waals surface area contributed by atoms with Crippen molar-refractivity contribution in [1.29, 1.82) is 0 Å². The van der Waals surface area contributed by atoms with Gasteiger partial charge in [0.05, 0.1) is 17.2 Å². The van der Waals surface area contributed by atoms with E-state index in [1.165, 1.54) is 12.8 Å². The molecule has 0 spiro atoms. The molecule has 0 saturated carbocycles. The lowest BCUT2D eigenvalue weighted by Gasteiger charge is -2.14. The van der Waals surface area contributed by atoms with Crippen LogP contribution >= 0.6 is 11.6 Å². The van der Waals surface area contributed by atoms with Crippen molar-refractivity contribution in [3.05, 3.63) is 34.9 Å². The van der Waals surface area contributed by atoms with Crippen LogP contribution in [0.5, 0.6) is 0 Å². The number of nitrogens with one attached hydrogen (secondary N) is 1. The summed E-state index contributed by atoms with van der Waals surface area (Å²) in [5.41, 5.74) is 0.350. The van der Waals surface area contributed by atoms with Crippen LogP contribution in [0.1, 0.15) is 56.3 Å². The lowest BCUT2D eigenvalue weighted by molar-refractivity contribution is -0.145. The Labute approximate surface area is 137 Å².